The Kier molecular flexibility index (Phi) is 15.8. The van der Waals surface area contributed by atoms with Crippen molar-refractivity contribution in [2.45, 2.75) is 187 Å². The minimum Gasteiger partial charge on any atom is -0.381 e. The standard InChI is InChI=1S/C41H73NO2/c1-7-12-35-29-40(43-6)36(30-41(35)44-28-27-32(4)14-11-13-31(2)3)22-19-34-20-25-39(26-21-34)42(37-15-9-8-10-16-37)38-23-17-33(5)18-24-38/h7,12,19,22,31-41H,8-11,13-18,20-21,23-30H2,1-6H3. The molecule has 0 N–H and O–H groups in total. The number of hydrogen-bond donors (Lipinski definition) is 0. The van der Waals surface area contributed by atoms with Gasteiger partial charge in [0, 0.05) is 43.7 Å². The van der Waals surface area contributed by atoms with Crippen LogP contribution in [0.25, 0.3) is 0 Å². The number of allylic oxidation sites excluding steroid dienone is 2. The van der Waals surface area contributed by atoms with Gasteiger partial charge in [-0.05, 0) is 114 Å². The third-order valence-electron chi connectivity index (χ3n) is 12.3. The fraction of sp³-hybridized carbons (Fsp3) is 0.902. The number of rotatable bonds is 15. The summed E-state index contributed by atoms with van der Waals surface area (Å²) in [5.74, 6) is 4.19. The molecule has 44 heavy (non-hydrogen) atoms. The van der Waals surface area contributed by atoms with Gasteiger partial charge >= 0.3 is 0 Å². The van der Waals surface area contributed by atoms with Crippen molar-refractivity contribution in [1.29, 1.82) is 0 Å². The normalized spacial score (nSPS) is 35.3. The molecule has 5 atom stereocenters. The van der Waals surface area contributed by atoms with Crippen LogP contribution in [0, 0.1) is 35.5 Å². The second-order valence-electron chi connectivity index (χ2n) is 16.3. The van der Waals surface area contributed by atoms with Gasteiger partial charge in [0.15, 0.2) is 0 Å². The van der Waals surface area contributed by atoms with E-state index in [1.165, 1.54) is 109 Å². The number of methoxy groups -OCH3 is 1. The first-order valence-corrected chi connectivity index (χ1v) is 19.6. The summed E-state index contributed by atoms with van der Waals surface area (Å²) in [6.07, 6.45) is 36.4. The van der Waals surface area contributed by atoms with Gasteiger partial charge in [0.05, 0.1) is 12.2 Å². The van der Waals surface area contributed by atoms with E-state index in [1.807, 2.05) is 7.11 Å². The monoisotopic (exact) mass is 612 g/mol. The molecular weight excluding hydrogens is 538 g/mol. The van der Waals surface area contributed by atoms with Gasteiger partial charge in [-0.25, -0.2) is 0 Å². The van der Waals surface area contributed by atoms with E-state index >= 15 is 0 Å². The van der Waals surface area contributed by atoms with E-state index in [4.69, 9.17) is 9.47 Å². The molecular formula is C41H73NO2. The van der Waals surface area contributed by atoms with Crippen molar-refractivity contribution in [3.8, 4) is 0 Å². The average Bonchev–Trinajstić information content (AvgIpc) is 3.03. The van der Waals surface area contributed by atoms with Crippen LogP contribution in [0.1, 0.15) is 157 Å². The minimum atomic E-state index is 0.300. The van der Waals surface area contributed by atoms with Crippen LogP contribution in [0.5, 0.6) is 0 Å². The third kappa shape index (κ3) is 11.3. The Balaban J connectivity index is 1.29. The first-order chi connectivity index (χ1) is 21.4. The lowest BCUT2D eigenvalue weighted by atomic mass is 9.76. The van der Waals surface area contributed by atoms with E-state index in [-0.39, 0.29) is 0 Å². The van der Waals surface area contributed by atoms with Gasteiger partial charge in [0.1, 0.15) is 0 Å². The van der Waals surface area contributed by atoms with Crippen LogP contribution in [-0.4, -0.2) is 49.0 Å². The van der Waals surface area contributed by atoms with Crippen molar-refractivity contribution in [3.05, 3.63) is 24.3 Å². The molecule has 0 aliphatic heterocycles. The molecule has 0 aromatic rings. The van der Waals surface area contributed by atoms with Crippen LogP contribution in [0.2, 0.25) is 0 Å². The summed E-state index contributed by atoms with van der Waals surface area (Å²) in [6.45, 7) is 12.6. The van der Waals surface area contributed by atoms with E-state index in [0.29, 0.717) is 24.0 Å². The van der Waals surface area contributed by atoms with Crippen molar-refractivity contribution in [2.24, 2.45) is 35.5 Å². The predicted octanol–water partition coefficient (Wildman–Crippen LogP) is 11.2. The van der Waals surface area contributed by atoms with Crippen molar-refractivity contribution >= 4 is 0 Å². The molecule has 0 saturated heterocycles. The molecule has 3 nitrogen and oxygen atoms in total. The summed E-state index contributed by atoms with van der Waals surface area (Å²) in [6, 6.07) is 2.56. The maximum Gasteiger partial charge on any atom is 0.0645 e. The molecule has 4 saturated carbocycles. The van der Waals surface area contributed by atoms with E-state index in [2.05, 4.69) is 63.8 Å². The van der Waals surface area contributed by atoms with Crippen LogP contribution in [0.3, 0.4) is 0 Å². The zero-order chi connectivity index (χ0) is 31.3. The number of nitrogens with zero attached hydrogens (tertiary/aromatic N) is 1. The second kappa shape index (κ2) is 19.2. The highest BCUT2D eigenvalue weighted by atomic mass is 16.5. The van der Waals surface area contributed by atoms with Crippen LogP contribution >= 0.6 is 0 Å². The van der Waals surface area contributed by atoms with Crippen LogP contribution in [-0.2, 0) is 9.47 Å². The fourth-order valence-electron chi connectivity index (χ4n) is 9.45. The number of hydrogen-bond acceptors (Lipinski definition) is 3. The molecule has 0 bridgehead atoms. The van der Waals surface area contributed by atoms with Crippen LogP contribution in [0.4, 0.5) is 0 Å². The Labute approximate surface area is 274 Å². The molecule has 254 valence electrons. The molecule has 3 heteroatoms. The highest BCUT2D eigenvalue weighted by Gasteiger charge is 2.38. The lowest BCUT2D eigenvalue weighted by molar-refractivity contribution is -0.0614. The van der Waals surface area contributed by atoms with E-state index in [0.717, 1.165) is 61.2 Å². The molecule has 0 aromatic carbocycles. The van der Waals surface area contributed by atoms with Crippen molar-refractivity contribution in [1.82, 2.24) is 4.90 Å². The van der Waals surface area contributed by atoms with Gasteiger partial charge in [-0.15, -0.1) is 0 Å². The summed E-state index contributed by atoms with van der Waals surface area (Å²) < 4.78 is 12.8. The molecule has 5 unspecified atom stereocenters. The average molecular weight is 612 g/mol. The van der Waals surface area contributed by atoms with Gasteiger partial charge < -0.3 is 9.47 Å². The maximum absolute atomic E-state index is 6.68. The second-order valence-corrected chi connectivity index (χ2v) is 16.3. The van der Waals surface area contributed by atoms with Gasteiger partial charge in [-0.2, -0.15) is 0 Å². The first-order valence-electron chi connectivity index (χ1n) is 19.6. The summed E-state index contributed by atoms with van der Waals surface area (Å²) in [5, 5.41) is 0. The molecule has 0 radical (unpaired) electrons. The first kappa shape index (κ1) is 36.2. The Morgan fingerprint density at radius 1 is 0.682 bits per heavy atom. The molecule has 0 aromatic heterocycles. The molecule has 4 rings (SSSR count). The van der Waals surface area contributed by atoms with Gasteiger partial charge in [-0.1, -0.05) is 90.5 Å². The Morgan fingerprint density at radius 2 is 1.30 bits per heavy atom. The smallest absolute Gasteiger partial charge is 0.0645 e. The van der Waals surface area contributed by atoms with E-state index in [9.17, 15) is 0 Å². The minimum absolute atomic E-state index is 0.300. The molecule has 0 spiro atoms. The van der Waals surface area contributed by atoms with E-state index in [1.54, 1.807) is 0 Å². The number of ether oxygens (including phenoxy) is 2. The molecule has 0 amide bonds. The van der Waals surface area contributed by atoms with E-state index < -0.39 is 0 Å². The third-order valence-corrected chi connectivity index (χ3v) is 12.3. The quantitative estimate of drug-likeness (QED) is 0.172. The predicted molar refractivity (Wildman–Crippen MR) is 189 cm³/mol. The zero-order valence-electron chi connectivity index (χ0n) is 30.1. The SMILES string of the molecule is CC=CC1CC(OC)C(C=CC2CCC(N(C3CCCCC3)C3CCC(C)CC3)CC2)CC1OCCC(C)CCCC(C)C. The van der Waals surface area contributed by atoms with Crippen LogP contribution < -0.4 is 0 Å². The summed E-state index contributed by atoms with van der Waals surface area (Å²) in [7, 11) is 1.93. The molecule has 4 fully saturated rings. The lowest BCUT2D eigenvalue weighted by Crippen LogP contribution is -2.52. The summed E-state index contributed by atoms with van der Waals surface area (Å²) >= 11 is 0. The lowest BCUT2D eigenvalue weighted by Gasteiger charge is -2.48. The highest BCUT2D eigenvalue weighted by Crippen LogP contribution is 2.40. The summed E-state index contributed by atoms with van der Waals surface area (Å²) in [4.78, 5) is 3.13. The summed E-state index contributed by atoms with van der Waals surface area (Å²) in [5.41, 5.74) is 0. The highest BCUT2D eigenvalue weighted by molar-refractivity contribution is 5.05. The van der Waals surface area contributed by atoms with Gasteiger partial charge in [0.2, 0.25) is 0 Å². The maximum atomic E-state index is 6.68. The molecule has 4 aliphatic rings. The van der Waals surface area contributed by atoms with Crippen molar-refractivity contribution in [2.75, 3.05) is 13.7 Å². The van der Waals surface area contributed by atoms with Gasteiger partial charge in [0.25, 0.3) is 0 Å². The topological polar surface area (TPSA) is 21.7 Å². The van der Waals surface area contributed by atoms with Crippen LogP contribution in [0.15, 0.2) is 24.3 Å². The fourth-order valence-corrected chi connectivity index (χ4v) is 9.45. The Morgan fingerprint density at radius 3 is 1.93 bits per heavy atom. The molecule has 0 heterocycles. The largest absolute Gasteiger partial charge is 0.381 e. The van der Waals surface area contributed by atoms with Crippen molar-refractivity contribution in [3.63, 3.8) is 0 Å². The molecule has 4 aliphatic carbocycles. The Hall–Kier alpha value is -0.640. The van der Waals surface area contributed by atoms with Crippen molar-refractivity contribution < 1.29 is 9.47 Å². The zero-order valence-corrected chi connectivity index (χ0v) is 30.1. The van der Waals surface area contributed by atoms with Gasteiger partial charge in [-0.3, -0.25) is 4.90 Å². The Bertz CT molecular complexity index is 814.